The summed E-state index contributed by atoms with van der Waals surface area (Å²) in [7, 11) is 0. The van der Waals surface area contributed by atoms with E-state index in [2.05, 4.69) is 10.3 Å². The Labute approximate surface area is 157 Å². The van der Waals surface area contributed by atoms with Gasteiger partial charge in [0.15, 0.2) is 5.56 Å². The standard InChI is InChI=1S/C20H25N3O4/c1-11-9-12(2)16(13(3)10-11)23-19(26)15(18(25)22-20(23)27)17(24)21-14-7-5-4-6-8-14/h9-10,14,26H,4-8H2,1-3H3,(H,21,24)(H,22,25,27). The van der Waals surface area contributed by atoms with E-state index in [0.29, 0.717) is 5.69 Å². The zero-order valence-electron chi connectivity index (χ0n) is 15.9. The van der Waals surface area contributed by atoms with Crippen molar-refractivity contribution in [1.82, 2.24) is 14.9 Å². The van der Waals surface area contributed by atoms with Gasteiger partial charge in [0.05, 0.1) is 5.69 Å². The highest BCUT2D eigenvalue weighted by Gasteiger charge is 2.25. The highest BCUT2D eigenvalue weighted by Crippen LogP contribution is 2.25. The van der Waals surface area contributed by atoms with E-state index in [-0.39, 0.29) is 6.04 Å². The minimum atomic E-state index is -0.885. The second-order valence-corrected chi connectivity index (χ2v) is 7.35. The van der Waals surface area contributed by atoms with E-state index in [0.717, 1.165) is 53.4 Å². The zero-order valence-corrected chi connectivity index (χ0v) is 15.9. The number of aromatic amines is 1. The molecule has 144 valence electrons. The molecule has 7 nitrogen and oxygen atoms in total. The number of carbonyl (C=O) groups is 1. The Bertz CT molecular complexity index is 974. The summed E-state index contributed by atoms with van der Waals surface area (Å²) in [6, 6.07) is 3.73. The first kappa shape index (κ1) is 18.9. The molecule has 0 aliphatic heterocycles. The lowest BCUT2D eigenvalue weighted by Gasteiger charge is -2.23. The summed E-state index contributed by atoms with van der Waals surface area (Å²) >= 11 is 0. The number of aromatic hydroxyl groups is 1. The minimum absolute atomic E-state index is 0.0201. The van der Waals surface area contributed by atoms with Crippen LogP contribution < -0.4 is 16.6 Å². The number of benzene rings is 1. The highest BCUT2D eigenvalue weighted by atomic mass is 16.3. The molecular weight excluding hydrogens is 346 g/mol. The van der Waals surface area contributed by atoms with Gasteiger partial charge in [-0.3, -0.25) is 14.6 Å². The fourth-order valence-electron chi connectivity index (χ4n) is 3.97. The van der Waals surface area contributed by atoms with Crippen LogP contribution in [0, 0.1) is 20.8 Å². The van der Waals surface area contributed by atoms with Crippen molar-refractivity contribution in [2.75, 3.05) is 0 Å². The van der Waals surface area contributed by atoms with Gasteiger partial charge in [-0.05, 0) is 44.7 Å². The van der Waals surface area contributed by atoms with E-state index >= 15 is 0 Å². The molecule has 1 amide bonds. The Balaban J connectivity index is 2.10. The van der Waals surface area contributed by atoms with Gasteiger partial charge in [0.25, 0.3) is 11.5 Å². The number of nitrogens with zero attached hydrogens (tertiary/aromatic N) is 1. The second kappa shape index (κ2) is 7.42. The van der Waals surface area contributed by atoms with Crippen molar-refractivity contribution >= 4 is 5.91 Å². The average molecular weight is 371 g/mol. The first-order chi connectivity index (χ1) is 12.8. The Morgan fingerprint density at radius 1 is 1.11 bits per heavy atom. The fourth-order valence-corrected chi connectivity index (χ4v) is 3.97. The zero-order chi connectivity index (χ0) is 19.7. The number of hydrogen-bond acceptors (Lipinski definition) is 4. The molecule has 1 saturated carbocycles. The molecule has 0 saturated heterocycles. The summed E-state index contributed by atoms with van der Waals surface area (Å²) in [6.45, 7) is 5.56. The summed E-state index contributed by atoms with van der Waals surface area (Å²) in [4.78, 5) is 39.5. The molecule has 0 unspecified atom stereocenters. The molecule has 0 radical (unpaired) electrons. The van der Waals surface area contributed by atoms with Gasteiger partial charge < -0.3 is 10.4 Å². The molecule has 1 aliphatic rings. The van der Waals surface area contributed by atoms with Crippen LogP contribution in [0.15, 0.2) is 21.7 Å². The van der Waals surface area contributed by atoms with Crippen molar-refractivity contribution in [1.29, 1.82) is 0 Å². The van der Waals surface area contributed by atoms with Gasteiger partial charge in [0, 0.05) is 6.04 Å². The lowest BCUT2D eigenvalue weighted by molar-refractivity contribution is 0.0922. The average Bonchev–Trinajstić information content (AvgIpc) is 2.57. The summed E-state index contributed by atoms with van der Waals surface area (Å²) in [5.74, 6) is -1.29. The van der Waals surface area contributed by atoms with Crippen molar-refractivity contribution < 1.29 is 9.90 Å². The largest absolute Gasteiger partial charge is 0.493 e. The van der Waals surface area contributed by atoms with Gasteiger partial charge in [-0.25, -0.2) is 9.36 Å². The number of amides is 1. The first-order valence-corrected chi connectivity index (χ1v) is 9.27. The van der Waals surface area contributed by atoms with E-state index in [9.17, 15) is 19.5 Å². The van der Waals surface area contributed by atoms with Crippen molar-refractivity contribution in [2.24, 2.45) is 0 Å². The number of H-pyrrole nitrogens is 1. The van der Waals surface area contributed by atoms with Gasteiger partial charge in [-0.2, -0.15) is 0 Å². The maximum Gasteiger partial charge on any atom is 0.335 e. The maximum atomic E-state index is 12.7. The van der Waals surface area contributed by atoms with Crippen molar-refractivity contribution in [3.05, 3.63) is 55.2 Å². The van der Waals surface area contributed by atoms with Gasteiger partial charge in [-0.1, -0.05) is 37.0 Å². The number of hydrogen-bond donors (Lipinski definition) is 3. The Morgan fingerprint density at radius 3 is 2.30 bits per heavy atom. The maximum absolute atomic E-state index is 12.7. The number of rotatable bonds is 3. The van der Waals surface area contributed by atoms with Gasteiger partial charge in [0.1, 0.15) is 0 Å². The molecule has 1 heterocycles. The Morgan fingerprint density at radius 2 is 1.70 bits per heavy atom. The quantitative estimate of drug-likeness (QED) is 0.769. The lowest BCUT2D eigenvalue weighted by Crippen LogP contribution is -2.41. The summed E-state index contributed by atoms with van der Waals surface area (Å²) in [6.07, 6.45) is 4.87. The molecule has 1 aliphatic carbocycles. The van der Waals surface area contributed by atoms with Gasteiger partial charge >= 0.3 is 5.69 Å². The molecule has 0 atom stereocenters. The van der Waals surface area contributed by atoms with E-state index in [1.54, 1.807) is 0 Å². The SMILES string of the molecule is Cc1cc(C)c(-n2c(O)c(C(=O)NC3CCCCC3)c(=O)[nH]c2=O)c(C)c1. The molecule has 27 heavy (non-hydrogen) atoms. The molecule has 2 aromatic rings. The number of aromatic nitrogens is 2. The summed E-state index contributed by atoms with van der Waals surface area (Å²) in [5, 5.41) is 13.5. The summed E-state index contributed by atoms with van der Waals surface area (Å²) < 4.78 is 1.00. The van der Waals surface area contributed by atoms with Crippen LogP contribution in [0.2, 0.25) is 0 Å². The monoisotopic (exact) mass is 371 g/mol. The van der Waals surface area contributed by atoms with Crippen molar-refractivity contribution in [3.8, 4) is 11.6 Å². The smallest absolute Gasteiger partial charge is 0.335 e. The predicted molar refractivity (Wildman–Crippen MR) is 103 cm³/mol. The van der Waals surface area contributed by atoms with Crippen LogP contribution in [0.5, 0.6) is 5.88 Å². The van der Waals surface area contributed by atoms with E-state index in [1.165, 1.54) is 0 Å². The van der Waals surface area contributed by atoms with Crippen LogP contribution >= 0.6 is 0 Å². The number of nitrogens with one attached hydrogen (secondary N) is 2. The first-order valence-electron chi connectivity index (χ1n) is 9.27. The van der Waals surface area contributed by atoms with Crippen LogP contribution in [-0.4, -0.2) is 26.6 Å². The topological polar surface area (TPSA) is 104 Å². The third kappa shape index (κ3) is 3.67. The van der Waals surface area contributed by atoms with E-state index in [4.69, 9.17) is 0 Å². The van der Waals surface area contributed by atoms with Gasteiger partial charge in [-0.15, -0.1) is 0 Å². The molecule has 1 fully saturated rings. The predicted octanol–water partition coefficient (Wildman–Crippen LogP) is 2.22. The van der Waals surface area contributed by atoms with E-state index in [1.807, 2.05) is 32.9 Å². The molecule has 1 aromatic heterocycles. The van der Waals surface area contributed by atoms with Crippen molar-refractivity contribution in [2.45, 2.75) is 58.9 Å². The van der Waals surface area contributed by atoms with Crippen LogP contribution in [-0.2, 0) is 0 Å². The lowest BCUT2D eigenvalue weighted by atomic mass is 9.95. The Kier molecular flexibility index (Phi) is 5.21. The molecule has 7 heteroatoms. The van der Waals surface area contributed by atoms with E-state index < -0.39 is 28.6 Å². The molecule has 0 bridgehead atoms. The highest BCUT2D eigenvalue weighted by molar-refractivity contribution is 5.96. The second-order valence-electron chi connectivity index (χ2n) is 7.35. The Hall–Kier alpha value is -2.83. The third-order valence-electron chi connectivity index (χ3n) is 5.11. The number of carbonyl (C=O) groups excluding carboxylic acids is 1. The van der Waals surface area contributed by atoms with Crippen LogP contribution in [0.3, 0.4) is 0 Å². The van der Waals surface area contributed by atoms with Crippen LogP contribution in [0.25, 0.3) is 5.69 Å². The number of aryl methyl sites for hydroxylation is 3. The minimum Gasteiger partial charge on any atom is -0.493 e. The normalized spacial score (nSPS) is 14.9. The third-order valence-corrected chi connectivity index (χ3v) is 5.11. The molecule has 3 rings (SSSR count). The molecular formula is C20H25N3O4. The summed E-state index contributed by atoms with van der Waals surface area (Å²) in [5.41, 5.74) is 0.906. The fraction of sp³-hybridized carbons (Fsp3) is 0.450. The molecule has 1 aromatic carbocycles. The van der Waals surface area contributed by atoms with Gasteiger partial charge in [0.2, 0.25) is 5.88 Å². The molecule has 0 spiro atoms. The van der Waals surface area contributed by atoms with Crippen LogP contribution in [0.4, 0.5) is 0 Å². The molecule has 3 N–H and O–H groups in total. The van der Waals surface area contributed by atoms with Crippen molar-refractivity contribution in [3.63, 3.8) is 0 Å². The van der Waals surface area contributed by atoms with Crippen LogP contribution in [0.1, 0.15) is 59.2 Å².